The largest absolute Gasteiger partial charge is 0.395 e. The number of hydrogen-bond acceptors (Lipinski definition) is 9. The zero-order valence-corrected chi connectivity index (χ0v) is 22.0. The smallest absolute Gasteiger partial charge is 0.269 e. The summed E-state index contributed by atoms with van der Waals surface area (Å²) >= 11 is 0. The van der Waals surface area contributed by atoms with E-state index in [9.17, 15) is 30.5 Å². The summed E-state index contributed by atoms with van der Waals surface area (Å²) in [5.74, 6) is 0.553. The highest BCUT2D eigenvalue weighted by atomic mass is 16.6. The molecule has 4 rings (SSSR count). The Kier molecular flexibility index (Phi) is 9.81. The van der Waals surface area contributed by atoms with Gasteiger partial charge in [-0.1, -0.05) is 24.3 Å². The Labute approximate surface area is 231 Å². The normalized spacial score (nSPS) is 11.0. The zero-order valence-electron chi connectivity index (χ0n) is 22.0. The van der Waals surface area contributed by atoms with Crippen LogP contribution in [-0.2, 0) is 0 Å². The number of benzene rings is 3. The van der Waals surface area contributed by atoms with E-state index in [2.05, 4.69) is 4.98 Å². The van der Waals surface area contributed by atoms with E-state index in [0.29, 0.717) is 43.3 Å². The fourth-order valence-electron chi connectivity index (χ4n) is 4.56. The quantitative estimate of drug-likeness (QED) is 0.118. The second-order valence-corrected chi connectivity index (χ2v) is 9.08. The number of nitro benzene ring substituents is 1. The monoisotopic (exact) mass is 547 g/mol. The van der Waals surface area contributed by atoms with Gasteiger partial charge in [0.15, 0.2) is 0 Å². The van der Waals surface area contributed by atoms with E-state index < -0.39 is 4.92 Å². The molecule has 1 aromatic heterocycles. The number of hydrogen-bond donors (Lipinski definition) is 5. The number of rotatable bonds is 14. The molecule has 4 aromatic rings. The van der Waals surface area contributed by atoms with Crippen LogP contribution in [0.1, 0.15) is 0 Å². The molecular formula is C29H33N5O6. The SMILES string of the molecule is O=[N+]([O-])c1ccc(-c2nc(-c3ccc(N(CCO)CCO)cc3)c(-c3ccc(N(CCO)CCO)cc3)[nH]2)cc1. The van der Waals surface area contributed by atoms with Crippen molar-refractivity contribution in [2.24, 2.45) is 0 Å². The van der Waals surface area contributed by atoms with E-state index in [0.717, 1.165) is 28.2 Å². The average molecular weight is 548 g/mol. The Morgan fingerprint density at radius 1 is 0.650 bits per heavy atom. The highest BCUT2D eigenvalue weighted by molar-refractivity contribution is 5.82. The molecule has 0 fully saturated rings. The van der Waals surface area contributed by atoms with Crippen LogP contribution in [-0.4, -0.2) is 87.9 Å². The van der Waals surface area contributed by atoms with Gasteiger partial charge in [0, 0.05) is 66.4 Å². The molecule has 0 spiro atoms. The van der Waals surface area contributed by atoms with Crippen molar-refractivity contribution in [3.8, 4) is 33.9 Å². The predicted molar refractivity (Wildman–Crippen MR) is 154 cm³/mol. The summed E-state index contributed by atoms with van der Waals surface area (Å²) in [7, 11) is 0. The van der Waals surface area contributed by atoms with E-state index in [4.69, 9.17) is 4.98 Å². The summed E-state index contributed by atoms with van der Waals surface area (Å²) in [6, 6.07) is 21.6. The lowest BCUT2D eigenvalue weighted by Gasteiger charge is -2.23. The Morgan fingerprint density at radius 2 is 1.07 bits per heavy atom. The molecule has 0 radical (unpaired) electrons. The topological polar surface area (TPSA) is 159 Å². The van der Waals surface area contributed by atoms with Crippen molar-refractivity contribution in [3.05, 3.63) is 82.9 Å². The molecule has 0 saturated heterocycles. The molecule has 210 valence electrons. The number of non-ortho nitro benzene ring substituents is 1. The minimum Gasteiger partial charge on any atom is -0.395 e. The van der Waals surface area contributed by atoms with Crippen LogP contribution in [0.25, 0.3) is 33.9 Å². The highest BCUT2D eigenvalue weighted by Gasteiger charge is 2.17. The first-order valence-electron chi connectivity index (χ1n) is 13.0. The Morgan fingerprint density at radius 3 is 1.50 bits per heavy atom. The lowest BCUT2D eigenvalue weighted by Crippen LogP contribution is -2.29. The van der Waals surface area contributed by atoms with Gasteiger partial charge in [-0.2, -0.15) is 0 Å². The van der Waals surface area contributed by atoms with Gasteiger partial charge in [0.25, 0.3) is 5.69 Å². The molecule has 5 N–H and O–H groups in total. The van der Waals surface area contributed by atoms with Gasteiger partial charge in [-0.3, -0.25) is 10.1 Å². The summed E-state index contributed by atoms with van der Waals surface area (Å²) in [4.78, 5) is 22.7. The third kappa shape index (κ3) is 6.64. The molecule has 0 amide bonds. The summed E-state index contributed by atoms with van der Waals surface area (Å²) < 4.78 is 0. The molecule has 0 saturated carbocycles. The Balaban J connectivity index is 1.74. The number of anilines is 2. The minimum absolute atomic E-state index is 0.00689. The number of nitro groups is 1. The van der Waals surface area contributed by atoms with Crippen molar-refractivity contribution in [3.63, 3.8) is 0 Å². The van der Waals surface area contributed by atoms with Crippen LogP contribution in [0, 0.1) is 10.1 Å². The summed E-state index contributed by atoms with van der Waals surface area (Å²) in [6.45, 7) is 1.46. The third-order valence-corrected chi connectivity index (χ3v) is 6.56. The maximum Gasteiger partial charge on any atom is 0.269 e. The summed E-state index contributed by atoms with van der Waals surface area (Å²) in [5.41, 5.74) is 5.55. The molecule has 11 nitrogen and oxygen atoms in total. The van der Waals surface area contributed by atoms with Gasteiger partial charge in [0.2, 0.25) is 0 Å². The van der Waals surface area contributed by atoms with Gasteiger partial charge < -0.3 is 35.2 Å². The van der Waals surface area contributed by atoms with Crippen LogP contribution in [0.15, 0.2) is 72.8 Å². The first-order chi connectivity index (χ1) is 19.5. The molecule has 1 heterocycles. The van der Waals surface area contributed by atoms with Gasteiger partial charge in [0.1, 0.15) is 5.82 Å². The molecular weight excluding hydrogens is 514 g/mol. The molecule has 40 heavy (non-hydrogen) atoms. The zero-order chi connectivity index (χ0) is 28.5. The molecule has 0 unspecified atom stereocenters. The number of H-pyrrole nitrogens is 1. The average Bonchev–Trinajstić information content (AvgIpc) is 3.43. The third-order valence-electron chi connectivity index (χ3n) is 6.56. The standard InChI is InChI=1S/C29H33N5O6/c35-17-13-32(14-18-36)24-7-1-21(2-8-24)27-28(22-3-9-25(10-4-22)33(15-19-37)16-20-38)31-29(30-27)23-5-11-26(12-6-23)34(39)40/h1-12,35-38H,13-20H2,(H,30,31). The van der Waals surface area contributed by atoms with Crippen molar-refractivity contribution in [1.29, 1.82) is 0 Å². The maximum absolute atomic E-state index is 11.1. The van der Waals surface area contributed by atoms with Crippen molar-refractivity contribution in [1.82, 2.24) is 9.97 Å². The summed E-state index contributed by atoms with van der Waals surface area (Å²) in [6.07, 6.45) is 0. The number of aromatic amines is 1. The fraction of sp³-hybridized carbons (Fsp3) is 0.276. The van der Waals surface area contributed by atoms with E-state index in [1.54, 1.807) is 12.1 Å². The summed E-state index contributed by atoms with van der Waals surface area (Å²) in [5, 5.41) is 48.7. The lowest BCUT2D eigenvalue weighted by molar-refractivity contribution is -0.384. The first-order valence-corrected chi connectivity index (χ1v) is 13.0. The highest BCUT2D eigenvalue weighted by Crippen LogP contribution is 2.35. The van der Waals surface area contributed by atoms with Crippen LogP contribution >= 0.6 is 0 Å². The van der Waals surface area contributed by atoms with Crippen molar-refractivity contribution in [2.45, 2.75) is 0 Å². The second-order valence-electron chi connectivity index (χ2n) is 9.08. The number of nitrogens with one attached hydrogen (secondary N) is 1. The van der Waals surface area contributed by atoms with Crippen LogP contribution < -0.4 is 9.80 Å². The predicted octanol–water partition coefficient (Wildman–Crippen LogP) is 2.90. The fourth-order valence-corrected chi connectivity index (χ4v) is 4.56. The van der Waals surface area contributed by atoms with E-state index in [1.165, 1.54) is 12.1 Å². The van der Waals surface area contributed by atoms with Gasteiger partial charge in [-0.05, 0) is 36.4 Å². The van der Waals surface area contributed by atoms with Crippen molar-refractivity contribution in [2.75, 3.05) is 62.4 Å². The first kappa shape index (κ1) is 28.7. The number of aliphatic hydroxyl groups is 4. The van der Waals surface area contributed by atoms with Crippen LogP contribution in [0.4, 0.5) is 17.1 Å². The van der Waals surface area contributed by atoms with Gasteiger partial charge in [-0.15, -0.1) is 0 Å². The van der Waals surface area contributed by atoms with Crippen LogP contribution in [0.3, 0.4) is 0 Å². The molecule has 0 atom stereocenters. The van der Waals surface area contributed by atoms with E-state index in [-0.39, 0.29) is 32.1 Å². The van der Waals surface area contributed by atoms with Crippen molar-refractivity contribution < 1.29 is 25.3 Å². The van der Waals surface area contributed by atoms with E-state index >= 15 is 0 Å². The number of aliphatic hydroxyl groups excluding tert-OH is 4. The number of aromatic nitrogens is 2. The second kappa shape index (κ2) is 13.7. The van der Waals surface area contributed by atoms with Gasteiger partial charge in [0.05, 0.1) is 42.7 Å². The van der Waals surface area contributed by atoms with Crippen molar-refractivity contribution >= 4 is 17.1 Å². The molecule has 0 bridgehead atoms. The van der Waals surface area contributed by atoms with Gasteiger partial charge in [-0.25, -0.2) is 4.98 Å². The maximum atomic E-state index is 11.1. The number of nitrogens with zero attached hydrogens (tertiary/aromatic N) is 4. The van der Waals surface area contributed by atoms with Crippen LogP contribution in [0.2, 0.25) is 0 Å². The van der Waals surface area contributed by atoms with Crippen LogP contribution in [0.5, 0.6) is 0 Å². The molecule has 0 aliphatic carbocycles. The molecule has 11 heteroatoms. The number of imidazole rings is 1. The molecule has 0 aliphatic rings. The Hall–Kier alpha value is -4.29. The lowest BCUT2D eigenvalue weighted by atomic mass is 10.0. The van der Waals surface area contributed by atoms with E-state index in [1.807, 2.05) is 58.3 Å². The molecule has 3 aromatic carbocycles. The minimum atomic E-state index is -0.445. The Bertz CT molecular complexity index is 1280. The molecule has 0 aliphatic heterocycles. The van der Waals surface area contributed by atoms with Gasteiger partial charge >= 0.3 is 0 Å².